The summed E-state index contributed by atoms with van der Waals surface area (Å²) < 4.78 is 5.66. The Morgan fingerprint density at radius 1 is 1.38 bits per heavy atom. The van der Waals surface area contributed by atoms with E-state index >= 15 is 0 Å². The van der Waals surface area contributed by atoms with E-state index in [-0.39, 0.29) is 6.10 Å². The van der Waals surface area contributed by atoms with Crippen LogP contribution in [0, 0.1) is 0 Å². The summed E-state index contributed by atoms with van der Waals surface area (Å²) in [6, 6.07) is 4.00. The zero-order valence-corrected chi connectivity index (χ0v) is 10.5. The van der Waals surface area contributed by atoms with E-state index in [1.807, 2.05) is 12.1 Å². The molecule has 0 aliphatic heterocycles. The summed E-state index contributed by atoms with van der Waals surface area (Å²) >= 11 is 0. The molecule has 1 aromatic rings. The van der Waals surface area contributed by atoms with Crippen LogP contribution in [0.5, 0.6) is 5.75 Å². The third-order valence-electron chi connectivity index (χ3n) is 2.44. The SMILES string of the molecule is CCCNCc1ccc(OC(C)CC)cn1. The summed E-state index contributed by atoms with van der Waals surface area (Å²) in [6.45, 7) is 8.20. The number of nitrogens with zero attached hydrogens (tertiary/aromatic N) is 1. The fourth-order valence-electron chi connectivity index (χ4n) is 1.29. The van der Waals surface area contributed by atoms with Crippen molar-refractivity contribution in [3.8, 4) is 5.75 Å². The van der Waals surface area contributed by atoms with E-state index in [1.165, 1.54) is 0 Å². The van der Waals surface area contributed by atoms with E-state index in [2.05, 4.69) is 31.1 Å². The number of nitrogens with one attached hydrogen (secondary N) is 1. The molecule has 3 nitrogen and oxygen atoms in total. The molecule has 0 amide bonds. The number of hydrogen-bond donors (Lipinski definition) is 1. The van der Waals surface area contributed by atoms with E-state index in [1.54, 1.807) is 6.20 Å². The van der Waals surface area contributed by atoms with Crippen molar-refractivity contribution in [2.75, 3.05) is 6.54 Å². The van der Waals surface area contributed by atoms with Gasteiger partial charge in [0.1, 0.15) is 5.75 Å². The molecule has 0 aliphatic rings. The number of ether oxygens (including phenoxy) is 1. The van der Waals surface area contributed by atoms with Gasteiger partial charge in [0.05, 0.1) is 18.0 Å². The highest BCUT2D eigenvalue weighted by molar-refractivity contribution is 5.20. The first-order chi connectivity index (χ1) is 7.76. The molecule has 16 heavy (non-hydrogen) atoms. The van der Waals surface area contributed by atoms with Gasteiger partial charge in [-0.2, -0.15) is 0 Å². The van der Waals surface area contributed by atoms with Gasteiger partial charge in [-0.25, -0.2) is 0 Å². The molecule has 1 aromatic heterocycles. The van der Waals surface area contributed by atoms with E-state index in [9.17, 15) is 0 Å². The molecule has 0 aliphatic carbocycles. The molecule has 0 spiro atoms. The van der Waals surface area contributed by atoms with Gasteiger partial charge in [0.15, 0.2) is 0 Å². The normalized spacial score (nSPS) is 12.4. The average molecular weight is 222 g/mol. The van der Waals surface area contributed by atoms with E-state index in [4.69, 9.17) is 4.74 Å². The fourth-order valence-corrected chi connectivity index (χ4v) is 1.29. The lowest BCUT2D eigenvalue weighted by molar-refractivity contribution is 0.216. The molecule has 0 saturated carbocycles. The van der Waals surface area contributed by atoms with Gasteiger partial charge in [-0.15, -0.1) is 0 Å². The largest absolute Gasteiger partial charge is 0.489 e. The zero-order chi connectivity index (χ0) is 11.8. The number of aromatic nitrogens is 1. The van der Waals surface area contributed by atoms with Crippen molar-refractivity contribution in [3.05, 3.63) is 24.0 Å². The summed E-state index contributed by atoms with van der Waals surface area (Å²) in [4.78, 5) is 4.35. The molecule has 0 bridgehead atoms. The van der Waals surface area contributed by atoms with Crippen molar-refractivity contribution in [2.24, 2.45) is 0 Å². The number of hydrogen-bond acceptors (Lipinski definition) is 3. The maximum absolute atomic E-state index is 5.66. The van der Waals surface area contributed by atoms with Crippen LogP contribution in [0.4, 0.5) is 0 Å². The third-order valence-corrected chi connectivity index (χ3v) is 2.44. The first kappa shape index (κ1) is 13.0. The van der Waals surface area contributed by atoms with Gasteiger partial charge in [0.25, 0.3) is 0 Å². The second-order valence-corrected chi connectivity index (χ2v) is 4.00. The smallest absolute Gasteiger partial charge is 0.138 e. The highest BCUT2D eigenvalue weighted by Crippen LogP contribution is 2.12. The molecular weight excluding hydrogens is 200 g/mol. The third kappa shape index (κ3) is 4.62. The second-order valence-electron chi connectivity index (χ2n) is 4.00. The van der Waals surface area contributed by atoms with Gasteiger partial charge in [-0.3, -0.25) is 4.98 Å². The summed E-state index contributed by atoms with van der Waals surface area (Å²) in [5.74, 6) is 0.855. The van der Waals surface area contributed by atoms with Gasteiger partial charge in [0.2, 0.25) is 0 Å². The Hall–Kier alpha value is -1.09. The van der Waals surface area contributed by atoms with E-state index < -0.39 is 0 Å². The van der Waals surface area contributed by atoms with Crippen LogP contribution < -0.4 is 10.1 Å². The van der Waals surface area contributed by atoms with Gasteiger partial charge < -0.3 is 10.1 Å². The van der Waals surface area contributed by atoms with Crippen LogP contribution in [-0.4, -0.2) is 17.6 Å². The Balaban J connectivity index is 2.41. The van der Waals surface area contributed by atoms with E-state index in [0.717, 1.165) is 37.4 Å². The topological polar surface area (TPSA) is 34.1 Å². The molecule has 1 atom stereocenters. The van der Waals surface area contributed by atoms with Crippen LogP contribution in [0.25, 0.3) is 0 Å². The fraction of sp³-hybridized carbons (Fsp3) is 0.615. The Kier molecular flexibility index (Phi) is 5.86. The van der Waals surface area contributed by atoms with Crippen LogP contribution in [0.2, 0.25) is 0 Å². The molecule has 3 heteroatoms. The highest BCUT2D eigenvalue weighted by Gasteiger charge is 2.01. The Morgan fingerprint density at radius 2 is 2.19 bits per heavy atom. The quantitative estimate of drug-likeness (QED) is 0.720. The molecule has 1 N–H and O–H groups in total. The van der Waals surface area contributed by atoms with E-state index in [0.29, 0.717) is 0 Å². The number of rotatable bonds is 7. The maximum atomic E-state index is 5.66. The van der Waals surface area contributed by atoms with Crippen molar-refractivity contribution in [1.82, 2.24) is 10.3 Å². The standard InChI is InChI=1S/C13H22N2O/c1-4-8-14-9-12-6-7-13(10-15-12)16-11(3)5-2/h6-7,10-11,14H,4-5,8-9H2,1-3H3. The zero-order valence-electron chi connectivity index (χ0n) is 10.5. The van der Waals surface area contributed by atoms with Crippen molar-refractivity contribution in [1.29, 1.82) is 0 Å². The van der Waals surface area contributed by atoms with Crippen LogP contribution >= 0.6 is 0 Å². The molecule has 0 aromatic carbocycles. The predicted molar refractivity (Wildman–Crippen MR) is 66.6 cm³/mol. The van der Waals surface area contributed by atoms with Crippen molar-refractivity contribution in [2.45, 2.75) is 46.3 Å². The lowest BCUT2D eigenvalue weighted by Crippen LogP contribution is -2.15. The molecule has 1 rings (SSSR count). The summed E-state index contributed by atoms with van der Waals surface area (Å²) in [6.07, 6.45) is 4.22. The first-order valence-corrected chi connectivity index (χ1v) is 6.08. The first-order valence-electron chi connectivity index (χ1n) is 6.08. The van der Waals surface area contributed by atoms with Crippen LogP contribution in [-0.2, 0) is 6.54 Å². The molecule has 1 heterocycles. The molecule has 90 valence electrons. The summed E-state index contributed by atoms with van der Waals surface area (Å²) in [5, 5.41) is 3.32. The Morgan fingerprint density at radius 3 is 2.75 bits per heavy atom. The van der Waals surface area contributed by atoms with Crippen LogP contribution in [0.15, 0.2) is 18.3 Å². The molecule has 0 fully saturated rings. The average Bonchev–Trinajstić information content (AvgIpc) is 2.31. The lowest BCUT2D eigenvalue weighted by Gasteiger charge is -2.12. The predicted octanol–water partition coefficient (Wildman–Crippen LogP) is 2.76. The van der Waals surface area contributed by atoms with Gasteiger partial charge in [-0.05, 0) is 38.4 Å². The van der Waals surface area contributed by atoms with Crippen molar-refractivity contribution in [3.63, 3.8) is 0 Å². The minimum Gasteiger partial charge on any atom is -0.489 e. The Labute approximate surface area is 98.2 Å². The molecule has 1 unspecified atom stereocenters. The molecular formula is C13H22N2O. The Bertz CT molecular complexity index is 284. The maximum Gasteiger partial charge on any atom is 0.138 e. The lowest BCUT2D eigenvalue weighted by atomic mass is 10.3. The molecule has 0 radical (unpaired) electrons. The summed E-state index contributed by atoms with van der Waals surface area (Å²) in [7, 11) is 0. The van der Waals surface area contributed by atoms with Gasteiger partial charge >= 0.3 is 0 Å². The van der Waals surface area contributed by atoms with Crippen molar-refractivity contribution < 1.29 is 4.74 Å². The second kappa shape index (κ2) is 7.23. The minimum absolute atomic E-state index is 0.255. The number of pyridine rings is 1. The highest BCUT2D eigenvalue weighted by atomic mass is 16.5. The minimum atomic E-state index is 0.255. The summed E-state index contributed by atoms with van der Waals surface area (Å²) in [5.41, 5.74) is 1.06. The van der Waals surface area contributed by atoms with Crippen LogP contribution in [0.1, 0.15) is 39.3 Å². The molecule has 0 saturated heterocycles. The monoisotopic (exact) mass is 222 g/mol. The van der Waals surface area contributed by atoms with Gasteiger partial charge in [-0.1, -0.05) is 13.8 Å². The van der Waals surface area contributed by atoms with Crippen molar-refractivity contribution >= 4 is 0 Å². The van der Waals surface area contributed by atoms with Gasteiger partial charge in [0, 0.05) is 6.54 Å². The van der Waals surface area contributed by atoms with Crippen LogP contribution in [0.3, 0.4) is 0 Å².